The van der Waals surface area contributed by atoms with Crippen molar-refractivity contribution in [1.82, 2.24) is 118 Å². The molecule has 0 saturated heterocycles. The minimum atomic E-state index is -2.02. The number of fused-ring (bicyclic) bond motifs is 9. The van der Waals surface area contributed by atoms with Gasteiger partial charge in [0.15, 0.2) is 57.4 Å². The van der Waals surface area contributed by atoms with Crippen LogP contribution in [0.2, 0.25) is 0 Å². The smallest absolute Gasteiger partial charge is 0.213 e. The number of aromatic nitrogens is 24. The summed E-state index contributed by atoms with van der Waals surface area (Å²) in [4.78, 5) is 62.9. The molecule has 0 aliphatic rings. The number of ether oxygens (including phenoxy) is 1. The molecule has 0 radical (unpaired) electrons. The van der Waals surface area contributed by atoms with E-state index in [0.717, 1.165) is 184 Å². The Balaban J connectivity index is 0.000000119. The van der Waals surface area contributed by atoms with E-state index in [-0.39, 0.29) is 12.4 Å². The summed E-state index contributed by atoms with van der Waals surface area (Å²) in [5.41, 5.74) is 16.5. The average molecular weight is 1720 g/mol. The topological polar surface area (TPSA) is 276 Å². The summed E-state index contributed by atoms with van der Waals surface area (Å²) in [5.74, 6) is 9.01. The molecule has 0 unspecified atom stereocenters. The van der Waals surface area contributed by atoms with Crippen molar-refractivity contribution in [1.29, 1.82) is 0 Å². The number of alkyl halides is 1. The van der Waals surface area contributed by atoms with Crippen molar-refractivity contribution >= 4 is 119 Å². The van der Waals surface area contributed by atoms with Crippen molar-refractivity contribution in [2.24, 2.45) is 0 Å². The molecule has 0 N–H and O–H groups in total. The molecule has 25 nitrogen and oxygen atoms in total. The summed E-state index contributed by atoms with van der Waals surface area (Å²) in [6, 6.07) is 81.2. The van der Waals surface area contributed by atoms with Gasteiger partial charge < -0.3 is 17.1 Å². The third-order valence-corrected chi connectivity index (χ3v) is 25.7. The summed E-state index contributed by atoms with van der Waals surface area (Å²) in [6.07, 6.45) is 16.9. The first-order chi connectivity index (χ1) is 60.9. The second kappa shape index (κ2) is 39.3. The van der Waals surface area contributed by atoms with E-state index in [4.69, 9.17) is 36.4 Å². The molecule has 0 aliphatic heterocycles. The Labute approximate surface area is 739 Å². The van der Waals surface area contributed by atoms with Crippen LogP contribution >= 0.6 is 18.9 Å². The van der Waals surface area contributed by atoms with Gasteiger partial charge in [-0.25, -0.2) is 59.8 Å². The van der Waals surface area contributed by atoms with Crippen LogP contribution in [-0.2, 0) is 37.7 Å². The van der Waals surface area contributed by atoms with E-state index in [1.54, 1.807) is 22.3 Å². The van der Waals surface area contributed by atoms with Gasteiger partial charge in [0.25, 0.3) is 0 Å². The molecule has 0 saturated carbocycles. The van der Waals surface area contributed by atoms with Crippen molar-refractivity contribution in [3.8, 4) is 5.88 Å². The van der Waals surface area contributed by atoms with Crippen LogP contribution in [0.15, 0.2) is 268 Å². The number of aryl methyl sites for hydroxylation is 14. The second-order valence-electron chi connectivity index (χ2n) is 30.1. The monoisotopic (exact) mass is 1720 g/mol. The lowest BCUT2D eigenvalue weighted by Gasteiger charge is -2.26. The van der Waals surface area contributed by atoms with Gasteiger partial charge in [-0.3, -0.25) is 9.97 Å². The molecule has 21 aromatic rings. The van der Waals surface area contributed by atoms with Gasteiger partial charge in [0.1, 0.15) is 58.5 Å². The van der Waals surface area contributed by atoms with Crippen LogP contribution in [0.4, 0.5) is 0 Å². The molecule has 21 rings (SSSR count). The maximum atomic E-state index is 5.64. The molecule has 0 bridgehead atoms. The number of halogens is 2. The second-order valence-corrected chi connectivity index (χ2v) is 33.9. The van der Waals surface area contributed by atoms with E-state index < -0.39 is 7.26 Å². The maximum absolute atomic E-state index is 5.64. The number of hydrogen-bond donors (Lipinski definition) is 0. The van der Waals surface area contributed by atoms with E-state index in [0.29, 0.717) is 23.4 Å². The Bertz CT molecular complexity index is 6970. The summed E-state index contributed by atoms with van der Waals surface area (Å²) >= 11 is 5.64. The number of para-hydroxylation sites is 4. The highest BCUT2D eigenvalue weighted by atomic mass is 35.5. The number of rotatable bonds is 15. The molecular weight excluding hydrogens is 1630 g/mol. The lowest BCUT2D eigenvalue weighted by Crippen LogP contribution is -3.00. The number of methoxy groups -OCH3 is 1. The fourth-order valence-electron chi connectivity index (χ4n) is 14.5. The first-order valence-corrected chi connectivity index (χ1v) is 43.6. The van der Waals surface area contributed by atoms with E-state index in [1.807, 2.05) is 217 Å². The van der Waals surface area contributed by atoms with Crippen molar-refractivity contribution in [2.45, 2.75) is 107 Å². The predicted molar refractivity (Wildman–Crippen MR) is 497 cm³/mol. The van der Waals surface area contributed by atoms with Gasteiger partial charge >= 0.3 is 0 Å². The Morgan fingerprint density at radius 2 is 0.619 bits per heavy atom. The summed E-state index contributed by atoms with van der Waals surface area (Å²) in [6.45, 7) is 19.6. The van der Waals surface area contributed by atoms with Crippen LogP contribution in [0.1, 0.15) is 103 Å². The average Bonchev–Trinajstić information content (AvgIpc) is 1.05. The van der Waals surface area contributed by atoms with Gasteiger partial charge in [-0.2, -0.15) is 22.6 Å². The van der Waals surface area contributed by atoms with Gasteiger partial charge in [0, 0.05) is 111 Å². The first kappa shape index (κ1) is 86.4. The van der Waals surface area contributed by atoms with Crippen molar-refractivity contribution < 1.29 is 17.1 Å². The molecule has 126 heavy (non-hydrogen) atoms. The molecular formula is C98H91Cl2N24OP. The van der Waals surface area contributed by atoms with E-state index in [2.05, 4.69) is 215 Å². The molecule has 0 amide bonds. The van der Waals surface area contributed by atoms with Gasteiger partial charge in [-0.05, 0) is 179 Å². The predicted octanol–water partition coefficient (Wildman–Crippen LogP) is 14.6. The Hall–Kier alpha value is -14.5. The first-order valence-electron chi connectivity index (χ1n) is 41.1. The zero-order chi connectivity index (χ0) is 86.5. The lowest BCUT2D eigenvalue weighted by molar-refractivity contribution is -0.0000269. The molecule has 7 aromatic carbocycles. The zero-order valence-corrected chi connectivity index (χ0v) is 74.1. The Morgan fingerprint density at radius 1 is 0.302 bits per heavy atom. The molecule has 0 fully saturated rings. The Morgan fingerprint density at radius 3 is 1.00 bits per heavy atom. The highest BCUT2D eigenvalue weighted by Gasteiger charge is 2.47. The van der Waals surface area contributed by atoms with Gasteiger partial charge in [-0.15, -0.1) is 37.1 Å². The molecule has 0 aliphatic carbocycles. The van der Waals surface area contributed by atoms with E-state index >= 15 is 0 Å². The summed E-state index contributed by atoms with van der Waals surface area (Å²) < 4.78 is 14.0. The van der Waals surface area contributed by atoms with Crippen LogP contribution in [0.5, 0.6) is 5.88 Å². The fraction of sp³-hybridized carbons (Fsp3) is 0.173. The van der Waals surface area contributed by atoms with Gasteiger partial charge in [-0.1, -0.05) is 146 Å². The van der Waals surface area contributed by atoms with Crippen LogP contribution in [0.25, 0.3) is 84.0 Å². The molecule has 628 valence electrons. The summed E-state index contributed by atoms with van der Waals surface area (Å²) in [7, 11) is -0.397. The number of hydrogen-bond acceptors (Lipinski definition) is 20. The maximum Gasteiger partial charge on any atom is 0.213 e. The van der Waals surface area contributed by atoms with Crippen LogP contribution < -0.4 is 33.1 Å². The third kappa shape index (κ3) is 19.6. The van der Waals surface area contributed by atoms with Crippen molar-refractivity contribution in [2.75, 3.05) is 7.11 Å². The number of pyridine rings is 4. The summed E-state index contributed by atoms with van der Waals surface area (Å²) in [5, 5.41) is 31.3. The fourth-order valence-corrected chi connectivity index (χ4v) is 18.7. The molecule has 14 heterocycles. The minimum Gasteiger partial charge on any atom is -1.00 e. The van der Waals surface area contributed by atoms with Crippen LogP contribution in [-0.4, -0.2) is 125 Å². The quantitative estimate of drug-likeness (QED) is 0.0681. The molecule has 0 atom stereocenters. The number of benzene rings is 7. The molecule has 0 spiro atoms. The van der Waals surface area contributed by atoms with Gasteiger partial charge in [0.05, 0.1) is 40.8 Å². The third-order valence-electron chi connectivity index (χ3n) is 21.2. The minimum absolute atomic E-state index is 0. The van der Waals surface area contributed by atoms with Crippen LogP contribution in [0.3, 0.4) is 0 Å². The van der Waals surface area contributed by atoms with Crippen LogP contribution in [0, 0.1) is 69.2 Å². The van der Waals surface area contributed by atoms with Crippen molar-refractivity contribution in [3.63, 3.8) is 0 Å². The normalized spacial score (nSPS) is 11.3. The van der Waals surface area contributed by atoms with E-state index in [1.165, 1.54) is 26.7 Å². The molecule has 28 heteroatoms. The highest BCUT2D eigenvalue weighted by molar-refractivity contribution is 7.95. The zero-order valence-electron chi connectivity index (χ0n) is 71.6. The van der Waals surface area contributed by atoms with E-state index in [9.17, 15) is 0 Å². The number of nitrogens with zero attached hydrogens (tertiary/aromatic N) is 24. The largest absolute Gasteiger partial charge is 1.00 e. The molecule has 14 aromatic heterocycles. The van der Waals surface area contributed by atoms with Gasteiger partial charge in [0.2, 0.25) is 5.88 Å². The highest BCUT2D eigenvalue weighted by Crippen LogP contribution is 2.58. The SMILES string of the molecule is COc1ccc2ccccc2n1.Cc1cnc(C)n2nc(/C=C/c3ccc4ccccc4n3)nc12.Cc1cnc(C)n2nc(CCc3ccc4ccccc4n3)nc12.Cc1cnc(C)n2nc(CCc3ccc4ccccc4n3)nc12.Cc1cnc(C)n2nc(CCl)nc12.Cc1cnc(C)n2nc(C[P+](c3ccccc3)(c3ccccc3)c3ccccc3)nc12.[Cl-]. The lowest BCUT2D eigenvalue weighted by atomic mass is 10.1. The standard InChI is InChI=1S/C26H24N4P.2C18H17N5.C18H15N5.C10H9NO.C8H9ClN4.ClH/c1-20-18-27-21(2)30-26(20)28-25(29-30)19-31(22-12-6-3-7-13-22,23-14-8-4-9-15-23)24-16-10-5-11-17-24;3*1-12-11-19-13(2)23-18(12)21-17(22-23)10-9-15-8-7-14-5-3-4-6-16(14)20-15;1-12-10-7-6-8-4-2-3-5-9(8)11-10;1-5-4-10-6(2)13-8(5)11-7(3-9)12-13;/h3-18H,19H2,1-2H3;2*3-8,11H,9-10H2,1-2H3;3-11H,1-2H3;2-7H,1H3;4H,3H2,1-2H3;1H/q+1;;;;;;/p-1/b;;;10-9+;;;. The Kier molecular flexibility index (Phi) is 27.0. The van der Waals surface area contributed by atoms with Crippen molar-refractivity contribution in [3.05, 3.63) is 371 Å².